The van der Waals surface area contributed by atoms with E-state index in [9.17, 15) is 9.90 Å². The summed E-state index contributed by atoms with van der Waals surface area (Å²) in [6, 6.07) is 18.5. The van der Waals surface area contributed by atoms with E-state index in [-0.39, 0.29) is 22.6 Å². The number of benzene rings is 3. The molecule has 0 radical (unpaired) electrons. The lowest BCUT2D eigenvalue weighted by molar-refractivity contribution is -0.117. The molecular formula is C22H16Cl2N2O2. The van der Waals surface area contributed by atoms with Crippen LogP contribution in [0.5, 0.6) is 5.75 Å². The number of halogens is 2. The number of aliphatic imine (C=N–C) groups is 1. The Hall–Kier alpha value is -2.82. The third kappa shape index (κ3) is 3.75. The minimum atomic E-state index is -0.184. The third-order valence-electron chi connectivity index (χ3n) is 4.70. The first-order chi connectivity index (χ1) is 13.5. The molecule has 6 heteroatoms. The van der Waals surface area contributed by atoms with Crippen LogP contribution in [0.4, 0.5) is 11.4 Å². The number of aromatic hydroxyl groups is 1. The minimum Gasteiger partial charge on any atom is -0.506 e. The number of rotatable bonds is 4. The van der Waals surface area contributed by atoms with Gasteiger partial charge in [-0.05, 0) is 47.9 Å². The molecule has 0 spiro atoms. The monoisotopic (exact) mass is 410 g/mol. The third-order valence-corrected chi connectivity index (χ3v) is 5.20. The van der Waals surface area contributed by atoms with Crippen molar-refractivity contribution in [3.8, 4) is 5.75 Å². The predicted octanol–water partition coefficient (Wildman–Crippen LogP) is 5.73. The van der Waals surface area contributed by atoms with Gasteiger partial charge in [0.15, 0.2) is 0 Å². The number of carbonyl (C=O) groups is 1. The second-order valence-corrected chi connectivity index (χ2v) is 7.43. The second kappa shape index (κ2) is 7.66. The molecular weight excluding hydrogens is 395 g/mol. The largest absolute Gasteiger partial charge is 0.506 e. The van der Waals surface area contributed by atoms with E-state index in [1.165, 1.54) is 12.3 Å². The maximum atomic E-state index is 12.3. The zero-order valence-electron chi connectivity index (χ0n) is 14.7. The van der Waals surface area contributed by atoms with E-state index in [0.717, 1.165) is 22.5 Å². The lowest BCUT2D eigenvalue weighted by atomic mass is 9.93. The molecule has 28 heavy (non-hydrogen) atoms. The van der Waals surface area contributed by atoms with Crippen molar-refractivity contribution >= 4 is 46.7 Å². The number of anilines is 1. The van der Waals surface area contributed by atoms with Crippen LogP contribution in [-0.4, -0.2) is 17.2 Å². The Bertz CT molecular complexity index is 1080. The van der Waals surface area contributed by atoms with Crippen molar-refractivity contribution in [1.82, 2.24) is 0 Å². The zero-order valence-corrected chi connectivity index (χ0v) is 16.2. The molecule has 1 amide bonds. The van der Waals surface area contributed by atoms with Crippen LogP contribution in [0.1, 0.15) is 22.6 Å². The predicted molar refractivity (Wildman–Crippen MR) is 113 cm³/mol. The Kier molecular flexibility index (Phi) is 5.07. The van der Waals surface area contributed by atoms with Gasteiger partial charge in [-0.25, -0.2) is 0 Å². The number of carbonyl (C=O) groups excluding carboxylic acids is 1. The number of nitrogens with zero attached hydrogens (tertiary/aromatic N) is 1. The van der Waals surface area contributed by atoms with Gasteiger partial charge in [0.25, 0.3) is 0 Å². The van der Waals surface area contributed by atoms with Gasteiger partial charge in [-0.2, -0.15) is 0 Å². The van der Waals surface area contributed by atoms with E-state index < -0.39 is 0 Å². The van der Waals surface area contributed by atoms with Crippen LogP contribution < -0.4 is 5.32 Å². The van der Waals surface area contributed by atoms with E-state index in [4.69, 9.17) is 23.2 Å². The van der Waals surface area contributed by atoms with E-state index >= 15 is 0 Å². The number of phenolic OH excluding ortho intramolecular Hbond substituents is 1. The molecule has 1 unspecified atom stereocenters. The Morgan fingerprint density at radius 1 is 1.07 bits per heavy atom. The Labute approximate surface area is 172 Å². The van der Waals surface area contributed by atoms with Crippen LogP contribution >= 0.6 is 23.2 Å². The first kappa shape index (κ1) is 18.5. The fourth-order valence-electron chi connectivity index (χ4n) is 3.26. The smallest absolute Gasteiger partial charge is 0.232 e. The summed E-state index contributed by atoms with van der Waals surface area (Å²) in [5, 5.41) is 13.5. The molecule has 1 heterocycles. The number of hydrogen-bond donors (Lipinski definition) is 2. The summed E-state index contributed by atoms with van der Waals surface area (Å²) in [5.41, 5.74) is 4.13. The molecule has 1 aliphatic heterocycles. The van der Waals surface area contributed by atoms with E-state index in [2.05, 4.69) is 10.3 Å². The Morgan fingerprint density at radius 2 is 1.82 bits per heavy atom. The molecule has 4 rings (SSSR count). The Morgan fingerprint density at radius 3 is 2.61 bits per heavy atom. The molecule has 0 bridgehead atoms. The number of para-hydroxylation sites is 1. The van der Waals surface area contributed by atoms with E-state index in [0.29, 0.717) is 17.0 Å². The molecule has 3 aromatic rings. The molecule has 3 aromatic carbocycles. The van der Waals surface area contributed by atoms with Gasteiger partial charge in [0.2, 0.25) is 5.91 Å². The molecule has 140 valence electrons. The van der Waals surface area contributed by atoms with Crippen LogP contribution in [0.15, 0.2) is 65.7 Å². The van der Waals surface area contributed by atoms with Crippen molar-refractivity contribution in [3.05, 3.63) is 87.4 Å². The fraction of sp³-hybridized carbons (Fsp3) is 0.0909. The van der Waals surface area contributed by atoms with Crippen LogP contribution in [0.3, 0.4) is 0 Å². The molecule has 0 fully saturated rings. The second-order valence-electron chi connectivity index (χ2n) is 6.58. The lowest BCUT2D eigenvalue weighted by Crippen LogP contribution is -2.14. The fourth-order valence-corrected chi connectivity index (χ4v) is 3.77. The van der Waals surface area contributed by atoms with Gasteiger partial charge in [-0.3, -0.25) is 9.79 Å². The maximum absolute atomic E-state index is 12.3. The highest BCUT2D eigenvalue weighted by Crippen LogP contribution is 2.35. The van der Waals surface area contributed by atoms with Gasteiger partial charge >= 0.3 is 0 Å². The summed E-state index contributed by atoms with van der Waals surface area (Å²) in [6.45, 7) is 0. The van der Waals surface area contributed by atoms with Gasteiger partial charge in [0.05, 0.1) is 16.6 Å². The van der Waals surface area contributed by atoms with Gasteiger partial charge in [0.1, 0.15) is 5.75 Å². The quantitative estimate of drug-likeness (QED) is 0.539. The van der Waals surface area contributed by atoms with Crippen LogP contribution in [0.2, 0.25) is 10.0 Å². The van der Waals surface area contributed by atoms with Gasteiger partial charge < -0.3 is 10.4 Å². The molecule has 2 N–H and O–H groups in total. The number of phenols is 1. The average Bonchev–Trinajstić information content (AvgIpc) is 3.00. The van der Waals surface area contributed by atoms with E-state index in [1.807, 2.05) is 48.5 Å². The van der Waals surface area contributed by atoms with Crippen molar-refractivity contribution in [2.75, 3.05) is 5.32 Å². The number of hydrogen-bond acceptors (Lipinski definition) is 3. The molecule has 0 saturated carbocycles. The van der Waals surface area contributed by atoms with Gasteiger partial charge in [-0.1, -0.05) is 53.5 Å². The number of fused-ring (bicyclic) bond motifs is 1. The van der Waals surface area contributed by atoms with E-state index in [1.54, 1.807) is 6.07 Å². The van der Waals surface area contributed by atoms with Crippen LogP contribution in [0.25, 0.3) is 0 Å². The average molecular weight is 411 g/mol. The minimum absolute atomic E-state index is 0.0246. The molecule has 0 saturated heterocycles. The molecule has 1 atom stereocenters. The van der Waals surface area contributed by atoms with Crippen molar-refractivity contribution in [2.45, 2.75) is 12.3 Å². The lowest BCUT2D eigenvalue weighted by Gasteiger charge is -2.09. The normalized spacial score (nSPS) is 15.6. The zero-order chi connectivity index (χ0) is 19.7. The molecule has 0 aliphatic carbocycles. The SMILES string of the molecule is O=C1Nc2ccccc2C1Cc1ccc(N=Cc2cc(Cl)cc(Cl)c2O)cc1. The highest BCUT2D eigenvalue weighted by atomic mass is 35.5. The highest BCUT2D eigenvalue weighted by Gasteiger charge is 2.29. The Balaban J connectivity index is 1.50. The van der Waals surface area contributed by atoms with Gasteiger partial charge in [0, 0.05) is 22.5 Å². The first-order valence-corrected chi connectivity index (χ1v) is 9.47. The van der Waals surface area contributed by atoms with Crippen molar-refractivity contribution in [2.24, 2.45) is 4.99 Å². The number of nitrogens with one attached hydrogen (secondary N) is 1. The summed E-state index contributed by atoms with van der Waals surface area (Å²) in [6.07, 6.45) is 2.14. The maximum Gasteiger partial charge on any atom is 0.232 e. The van der Waals surface area contributed by atoms with Crippen molar-refractivity contribution in [3.63, 3.8) is 0 Å². The summed E-state index contributed by atoms with van der Waals surface area (Å²) >= 11 is 11.9. The molecule has 4 nitrogen and oxygen atoms in total. The highest BCUT2D eigenvalue weighted by molar-refractivity contribution is 6.36. The first-order valence-electron chi connectivity index (χ1n) is 8.72. The standard InChI is InChI=1S/C22H16Cl2N2O2/c23-15-10-14(21(27)19(24)11-15)12-25-16-7-5-13(6-8-16)9-18-17-3-1-2-4-20(17)26-22(18)28/h1-8,10-12,18,27H,9H2,(H,26,28). The van der Waals surface area contributed by atoms with Crippen LogP contribution in [-0.2, 0) is 11.2 Å². The topological polar surface area (TPSA) is 61.7 Å². The summed E-state index contributed by atoms with van der Waals surface area (Å²) in [4.78, 5) is 16.6. The van der Waals surface area contributed by atoms with Crippen LogP contribution in [0, 0.1) is 0 Å². The summed E-state index contributed by atoms with van der Waals surface area (Å²) < 4.78 is 0. The molecule has 1 aliphatic rings. The summed E-state index contributed by atoms with van der Waals surface area (Å²) in [5.74, 6) is -0.218. The van der Waals surface area contributed by atoms with Crippen molar-refractivity contribution in [1.29, 1.82) is 0 Å². The summed E-state index contributed by atoms with van der Waals surface area (Å²) in [7, 11) is 0. The van der Waals surface area contributed by atoms with Gasteiger partial charge in [-0.15, -0.1) is 0 Å². The number of amides is 1. The molecule has 0 aromatic heterocycles. The van der Waals surface area contributed by atoms with Crippen molar-refractivity contribution < 1.29 is 9.90 Å².